The van der Waals surface area contributed by atoms with Crippen LogP contribution >= 0.6 is 0 Å². The molecule has 0 heterocycles. The van der Waals surface area contributed by atoms with Crippen molar-refractivity contribution < 1.29 is 14.3 Å². The Balaban J connectivity index is 2.33. The molecule has 0 saturated carbocycles. The highest BCUT2D eigenvalue weighted by molar-refractivity contribution is 5.53. The molecule has 3 nitrogen and oxygen atoms in total. The van der Waals surface area contributed by atoms with E-state index in [0.29, 0.717) is 12.8 Å². The van der Waals surface area contributed by atoms with Crippen LogP contribution in [0.1, 0.15) is 129 Å². The van der Waals surface area contributed by atoms with Gasteiger partial charge >= 0.3 is 0 Å². The smallest absolute Gasteiger partial charge is 0.126 e. The second-order valence-electron chi connectivity index (χ2n) is 9.08. The number of ether oxygens (including phenoxy) is 2. The first-order valence-electron chi connectivity index (χ1n) is 13.6. The fourth-order valence-electron chi connectivity index (χ4n) is 4.10. The van der Waals surface area contributed by atoms with E-state index in [1.54, 1.807) is 0 Å². The highest BCUT2D eigenvalue weighted by Crippen LogP contribution is 2.30. The minimum atomic E-state index is 0.506. The Labute approximate surface area is 198 Å². The first kappa shape index (κ1) is 28.5. The molecule has 1 aromatic rings. The zero-order chi connectivity index (χ0) is 23.1. The molecule has 0 fully saturated rings. The Kier molecular flexibility index (Phi) is 19.0. The lowest BCUT2D eigenvalue weighted by molar-refractivity contribution is -0.107. The van der Waals surface area contributed by atoms with Crippen molar-refractivity contribution in [1.29, 1.82) is 0 Å². The molecule has 1 rings (SSSR count). The molecule has 0 saturated heterocycles. The quantitative estimate of drug-likeness (QED) is 0.124. The summed E-state index contributed by atoms with van der Waals surface area (Å²) in [5, 5.41) is 0. The van der Waals surface area contributed by atoms with Crippen LogP contribution < -0.4 is 9.47 Å². The van der Waals surface area contributed by atoms with Gasteiger partial charge in [-0.25, -0.2) is 0 Å². The molecule has 0 atom stereocenters. The van der Waals surface area contributed by atoms with E-state index < -0.39 is 0 Å². The Morgan fingerprint density at radius 1 is 0.625 bits per heavy atom. The van der Waals surface area contributed by atoms with E-state index in [-0.39, 0.29) is 0 Å². The Bertz CT molecular complexity index is 515. The van der Waals surface area contributed by atoms with Crippen molar-refractivity contribution in [3.05, 3.63) is 23.8 Å². The molecule has 0 aliphatic heterocycles. The topological polar surface area (TPSA) is 35.5 Å². The minimum Gasteiger partial charge on any atom is -0.493 e. The molecule has 0 bridgehead atoms. The van der Waals surface area contributed by atoms with Crippen LogP contribution in [0.15, 0.2) is 18.2 Å². The van der Waals surface area contributed by atoms with Gasteiger partial charge < -0.3 is 14.3 Å². The van der Waals surface area contributed by atoms with Gasteiger partial charge in [0.05, 0.1) is 13.2 Å². The third kappa shape index (κ3) is 14.5. The Morgan fingerprint density at radius 2 is 1.03 bits per heavy atom. The summed E-state index contributed by atoms with van der Waals surface area (Å²) >= 11 is 0. The van der Waals surface area contributed by atoms with Crippen LogP contribution in [0.25, 0.3) is 0 Å². The maximum atomic E-state index is 11.0. The molecular formula is C29H50O3. The molecule has 0 N–H and O–H groups in total. The molecule has 0 unspecified atom stereocenters. The maximum absolute atomic E-state index is 11.0. The Hall–Kier alpha value is -1.51. The zero-order valence-corrected chi connectivity index (χ0v) is 21.2. The molecule has 0 aliphatic rings. The van der Waals surface area contributed by atoms with E-state index in [4.69, 9.17) is 9.47 Å². The lowest BCUT2D eigenvalue weighted by Crippen LogP contribution is -2.05. The standard InChI is InChI=1S/C29H50O3/c1-3-5-7-9-11-13-15-17-25-31-28-22-19-23-29(27(28)21-20-24-30)32-26-18-16-14-12-10-8-6-4-2/h19,22-24H,3-18,20-21,25-26H2,1-2H3. The molecule has 184 valence electrons. The summed E-state index contributed by atoms with van der Waals surface area (Å²) in [4.78, 5) is 11.0. The van der Waals surface area contributed by atoms with Crippen LogP contribution in [0, 0.1) is 0 Å². The van der Waals surface area contributed by atoms with Gasteiger partial charge in [-0.3, -0.25) is 0 Å². The molecule has 0 radical (unpaired) electrons. The summed E-state index contributed by atoms with van der Waals surface area (Å²) in [5.41, 5.74) is 1.05. The van der Waals surface area contributed by atoms with Crippen molar-refractivity contribution in [2.75, 3.05) is 13.2 Å². The molecule has 0 aromatic heterocycles. The van der Waals surface area contributed by atoms with E-state index in [2.05, 4.69) is 13.8 Å². The highest BCUT2D eigenvalue weighted by Gasteiger charge is 2.11. The SMILES string of the molecule is CCCCCCCCCCOc1cccc(OCCCCCCCCCC)c1CCC=O. The second kappa shape index (κ2) is 21.3. The minimum absolute atomic E-state index is 0.506. The van der Waals surface area contributed by atoms with Gasteiger partial charge in [0, 0.05) is 12.0 Å². The molecular weight excluding hydrogens is 396 g/mol. The first-order chi connectivity index (χ1) is 15.8. The number of carbonyl (C=O) groups is 1. The number of hydrogen-bond donors (Lipinski definition) is 0. The van der Waals surface area contributed by atoms with Gasteiger partial charge in [0.1, 0.15) is 17.8 Å². The molecule has 32 heavy (non-hydrogen) atoms. The van der Waals surface area contributed by atoms with Crippen LogP contribution in [0.3, 0.4) is 0 Å². The van der Waals surface area contributed by atoms with Crippen molar-refractivity contribution in [3.63, 3.8) is 0 Å². The maximum Gasteiger partial charge on any atom is 0.126 e. The summed E-state index contributed by atoms with van der Waals surface area (Å²) in [6, 6.07) is 6.05. The molecule has 0 spiro atoms. The molecule has 1 aromatic carbocycles. The summed E-state index contributed by atoms with van der Waals surface area (Å²) in [6.45, 7) is 6.00. The van der Waals surface area contributed by atoms with Crippen molar-refractivity contribution in [2.24, 2.45) is 0 Å². The molecule has 0 aliphatic carbocycles. The predicted octanol–water partition coefficient (Wildman–Crippen LogP) is 8.86. The van der Waals surface area contributed by atoms with E-state index in [1.165, 1.54) is 89.9 Å². The lowest BCUT2D eigenvalue weighted by atomic mass is 10.1. The summed E-state index contributed by atoms with van der Waals surface area (Å²) in [7, 11) is 0. The van der Waals surface area contributed by atoms with Crippen LogP contribution in [0.2, 0.25) is 0 Å². The van der Waals surface area contributed by atoms with E-state index in [0.717, 1.165) is 49.4 Å². The van der Waals surface area contributed by atoms with Crippen LogP contribution in [-0.4, -0.2) is 19.5 Å². The monoisotopic (exact) mass is 446 g/mol. The fraction of sp³-hybridized carbons (Fsp3) is 0.759. The zero-order valence-electron chi connectivity index (χ0n) is 21.2. The van der Waals surface area contributed by atoms with E-state index in [9.17, 15) is 4.79 Å². The lowest BCUT2D eigenvalue weighted by Gasteiger charge is -2.16. The first-order valence-corrected chi connectivity index (χ1v) is 13.6. The average molecular weight is 447 g/mol. The van der Waals surface area contributed by atoms with Gasteiger partial charge in [0.25, 0.3) is 0 Å². The van der Waals surface area contributed by atoms with Gasteiger partial charge in [-0.15, -0.1) is 0 Å². The Morgan fingerprint density at radius 3 is 1.44 bits per heavy atom. The number of rotatable bonds is 23. The van der Waals surface area contributed by atoms with Gasteiger partial charge in [0.2, 0.25) is 0 Å². The van der Waals surface area contributed by atoms with Crippen LogP contribution in [0.4, 0.5) is 0 Å². The molecule has 0 amide bonds. The largest absolute Gasteiger partial charge is 0.493 e. The normalized spacial score (nSPS) is 10.9. The summed E-state index contributed by atoms with van der Waals surface area (Å²) in [5.74, 6) is 1.78. The van der Waals surface area contributed by atoms with Crippen LogP contribution in [0.5, 0.6) is 11.5 Å². The molecule has 3 heteroatoms. The van der Waals surface area contributed by atoms with Crippen molar-refractivity contribution in [2.45, 2.75) is 129 Å². The summed E-state index contributed by atoms with van der Waals surface area (Å²) in [6.07, 6.45) is 22.9. The number of aldehydes is 1. The van der Waals surface area contributed by atoms with Crippen molar-refractivity contribution >= 4 is 6.29 Å². The number of carbonyl (C=O) groups excluding carboxylic acids is 1. The summed E-state index contributed by atoms with van der Waals surface area (Å²) < 4.78 is 12.2. The van der Waals surface area contributed by atoms with Gasteiger partial charge in [-0.05, 0) is 31.4 Å². The van der Waals surface area contributed by atoms with Crippen LogP contribution in [-0.2, 0) is 11.2 Å². The van der Waals surface area contributed by atoms with Gasteiger partial charge in [0.15, 0.2) is 0 Å². The van der Waals surface area contributed by atoms with E-state index >= 15 is 0 Å². The van der Waals surface area contributed by atoms with Crippen molar-refractivity contribution in [1.82, 2.24) is 0 Å². The predicted molar refractivity (Wildman–Crippen MR) is 137 cm³/mol. The number of unbranched alkanes of at least 4 members (excludes halogenated alkanes) is 14. The third-order valence-electron chi connectivity index (χ3n) is 6.11. The van der Waals surface area contributed by atoms with Gasteiger partial charge in [-0.1, -0.05) is 110 Å². The second-order valence-corrected chi connectivity index (χ2v) is 9.08. The number of hydrogen-bond acceptors (Lipinski definition) is 3. The number of benzene rings is 1. The average Bonchev–Trinajstić information content (AvgIpc) is 2.81. The fourth-order valence-corrected chi connectivity index (χ4v) is 4.10. The van der Waals surface area contributed by atoms with E-state index in [1.807, 2.05) is 18.2 Å². The highest BCUT2D eigenvalue weighted by atomic mass is 16.5. The van der Waals surface area contributed by atoms with Crippen molar-refractivity contribution in [3.8, 4) is 11.5 Å². The van der Waals surface area contributed by atoms with Gasteiger partial charge in [-0.2, -0.15) is 0 Å². The third-order valence-corrected chi connectivity index (χ3v) is 6.11.